The first-order valence-electron chi connectivity index (χ1n) is 8.39. The smallest absolute Gasteiger partial charge is 0.408 e. The van der Waals surface area contributed by atoms with Crippen LogP contribution in [-0.4, -0.2) is 30.0 Å². The second-order valence-electron chi connectivity index (χ2n) is 6.11. The van der Waals surface area contributed by atoms with Crippen LogP contribution in [0.4, 0.5) is 19.3 Å². The summed E-state index contributed by atoms with van der Waals surface area (Å²) in [5.74, 6) is -1.56. The Bertz CT molecular complexity index is 872. The summed E-state index contributed by atoms with van der Waals surface area (Å²) < 4.78 is 37.0. The number of esters is 1. The van der Waals surface area contributed by atoms with Crippen molar-refractivity contribution in [3.05, 3.63) is 60.2 Å². The maximum absolute atomic E-state index is 13.6. The van der Waals surface area contributed by atoms with Crippen molar-refractivity contribution in [1.29, 1.82) is 0 Å². The SMILES string of the molecule is CC(NC(=O)OCc1ccccc1)(C(=O)Oc1ccc(N=C(N)N)cc1)C(F)F. The lowest BCUT2D eigenvalue weighted by molar-refractivity contribution is -0.147. The molecule has 2 aromatic carbocycles. The van der Waals surface area contributed by atoms with Gasteiger partial charge in [-0.1, -0.05) is 30.3 Å². The highest BCUT2D eigenvalue weighted by Gasteiger charge is 2.46. The molecule has 1 amide bonds. The fourth-order valence-corrected chi connectivity index (χ4v) is 2.12. The van der Waals surface area contributed by atoms with Crippen molar-refractivity contribution in [1.82, 2.24) is 5.32 Å². The van der Waals surface area contributed by atoms with E-state index in [4.69, 9.17) is 20.9 Å². The summed E-state index contributed by atoms with van der Waals surface area (Å²) in [4.78, 5) is 28.0. The van der Waals surface area contributed by atoms with Crippen LogP contribution in [0.3, 0.4) is 0 Å². The summed E-state index contributed by atoms with van der Waals surface area (Å²) in [6.45, 7) is 0.699. The van der Waals surface area contributed by atoms with Crippen molar-refractivity contribution in [2.45, 2.75) is 25.5 Å². The van der Waals surface area contributed by atoms with Gasteiger partial charge in [-0.25, -0.2) is 23.4 Å². The molecule has 1 atom stereocenters. The van der Waals surface area contributed by atoms with E-state index in [0.717, 1.165) is 6.92 Å². The minimum absolute atomic E-state index is 0.0316. The number of alkyl halides is 2. The molecule has 2 rings (SSSR count). The lowest BCUT2D eigenvalue weighted by Gasteiger charge is -2.27. The molecular weight excluding hydrogens is 386 g/mol. The van der Waals surface area contributed by atoms with Crippen LogP contribution in [-0.2, 0) is 16.1 Å². The van der Waals surface area contributed by atoms with E-state index in [9.17, 15) is 18.4 Å². The number of amides is 1. The number of benzene rings is 2. The Morgan fingerprint density at radius 3 is 2.28 bits per heavy atom. The Labute approximate surface area is 165 Å². The zero-order valence-corrected chi connectivity index (χ0v) is 15.5. The second kappa shape index (κ2) is 9.49. The van der Waals surface area contributed by atoms with E-state index < -0.39 is 24.0 Å². The number of hydrogen-bond acceptors (Lipinski definition) is 5. The molecule has 0 spiro atoms. The molecule has 0 saturated heterocycles. The molecule has 0 aliphatic carbocycles. The molecule has 0 heterocycles. The van der Waals surface area contributed by atoms with Gasteiger partial charge in [-0.15, -0.1) is 0 Å². The number of alkyl carbamates (subject to hydrolysis) is 1. The number of nitrogens with two attached hydrogens (primary N) is 2. The highest BCUT2D eigenvalue weighted by molar-refractivity contribution is 5.87. The summed E-state index contributed by atoms with van der Waals surface area (Å²) in [6, 6.07) is 14.1. The third kappa shape index (κ3) is 6.16. The summed E-state index contributed by atoms with van der Waals surface area (Å²) in [7, 11) is 0. The van der Waals surface area contributed by atoms with E-state index >= 15 is 0 Å². The summed E-state index contributed by atoms with van der Waals surface area (Å²) in [6.07, 6.45) is -4.43. The first-order valence-corrected chi connectivity index (χ1v) is 8.39. The number of carbonyl (C=O) groups excluding carboxylic acids is 2. The molecule has 0 aliphatic rings. The van der Waals surface area contributed by atoms with Gasteiger partial charge >= 0.3 is 12.1 Å². The lowest BCUT2D eigenvalue weighted by Crippen LogP contribution is -2.59. The van der Waals surface area contributed by atoms with Gasteiger partial charge < -0.3 is 26.3 Å². The van der Waals surface area contributed by atoms with Gasteiger partial charge in [-0.3, -0.25) is 0 Å². The predicted octanol–water partition coefficient (Wildman–Crippen LogP) is 2.45. The molecule has 0 bridgehead atoms. The second-order valence-corrected chi connectivity index (χ2v) is 6.11. The monoisotopic (exact) mass is 406 g/mol. The Morgan fingerprint density at radius 1 is 1.10 bits per heavy atom. The highest BCUT2D eigenvalue weighted by atomic mass is 19.3. The van der Waals surface area contributed by atoms with Gasteiger partial charge in [0.1, 0.15) is 12.4 Å². The molecule has 0 radical (unpaired) electrons. The summed E-state index contributed by atoms with van der Waals surface area (Å²) >= 11 is 0. The van der Waals surface area contributed by atoms with Crippen LogP contribution in [0.5, 0.6) is 5.75 Å². The Balaban J connectivity index is 2.03. The van der Waals surface area contributed by atoms with E-state index in [0.29, 0.717) is 11.3 Å². The van der Waals surface area contributed by atoms with Crippen molar-refractivity contribution in [2.24, 2.45) is 16.5 Å². The van der Waals surface area contributed by atoms with Crippen molar-refractivity contribution in [3.8, 4) is 5.75 Å². The summed E-state index contributed by atoms with van der Waals surface area (Å²) in [5.41, 5.74) is 8.91. The van der Waals surface area contributed by atoms with E-state index in [1.165, 1.54) is 24.3 Å². The molecule has 1 unspecified atom stereocenters. The number of hydrogen-bond donors (Lipinski definition) is 3. The van der Waals surface area contributed by atoms with Crippen LogP contribution in [0.2, 0.25) is 0 Å². The number of ether oxygens (including phenoxy) is 2. The van der Waals surface area contributed by atoms with Crippen LogP contribution in [0.15, 0.2) is 59.6 Å². The van der Waals surface area contributed by atoms with E-state index in [-0.39, 0.29) is 18.3 Å². The topological polar surface area (TPSA) is 129 Å². The van der Waals surface area contributed by atoms with Gasteiger partial charge in [0.25, 0.3) is 6.43 Å². The molecule has 0 saturated carbocycles. The Morgan fingerprint density at radius 2 is 1.72 bits per heavy atom. The molecule has 5 N–H and O–H groups in total. The standard InChI is InChI=1S/C19H20F2N4O4/c1-19(15(20)21,25-18(27)28-11-12-5-3-2-4-6-12)16(26)29-14-9-7-13(8-10-14)24-17(22)23/h2-10,15H,11H2,1H3,(H,25,27)(H4,22,23,24). The molecule has 0 aliphatic heterocycles. The fraction of sp³-hybridized carbons (Fsp3) is 0.211. The van der Waals surface area contributed by atoms with E-state index in [1.54, 1.807) is 30.3 Å². The lowest BCUT2D eigenvalue weighted by atomic mass is 10.0. The van der Waals surface area contributed by atoms with Gasteiger partial charge in [0, 0.05) is 0 Å². The molecule has 0 aromatic heterocycles. The van der Waals surface area contributed by atoms with Crippen molar-refractivity contribution in [3.63, 3.8) is 0 Å². The zero-order valence-electron chi connectivity index (χ0n) is 15.5. The number of halogens is 2. The number of aliphatic imine (C=N–C) groups is 1. The maximum atomic E-state index is 13.6. The zero-order chi connectivity index (χ0) is 21.4. The Kier molecular flexibility index (Phi) is 7.07. The van der Waals surface area contributed by atoms with Crippen LogP contribution >= 0.6 is 0 Å². The normalized spacial score (nSPS) is 12.6. The number of carbonyl (C=O) groups is 2. The average molecular weight is 406 g/mol. The van der Waals surface area contributed by atoms with Gasteiger partial charge in [0.05, 0.1) is 5.69 Å². The van der Waals surface area contributed by atoms with Gasteiger partial charge in [-0.2, -0.15) is 0 Å². The van der Waals surface area contributed by atoms with Gasteiger partial charge in [-0.05, 0) is 36.8 Å². The maximum Gasteiger partial charge on any atom is 0.408 e. The summed E-state index contributed by atoms with van der Waals surface area (Å²) in [5, 5.41) is 1.88. The van der Waals surface area contributed by atoms with Crippen LogP contribution in [0.1, 0.15) is 12.5 Å². The first kappa shape index (κ1) is 21.6. The number of rotatable bonds is 7. The van der Waals surface area contributed by atoms with Crippen LogP contribution in [0, 0.1) is 0 Å². The van der Waals surface area contributed by atoms with Crippen molar-refractivity contribution < 1.29 is 27.8 Å². The third-order valence-corrected chi connectivity index (χ3v) is 3.74. The van der Waals surface area contributed by atoms with E-state index in [2.05, 4.69) is 4.99 Å². The predicted molar refractivity (Wildman–Crippen MR) is 102 cm³/mol. The number of guanidine groups is 1. The third-order valence-electron chi connectivity index (χ3n) is 3.74. The van der Waals surface area contributed by atoms with Crippen molar-refractivity contribution in [2.75, 3.05) is 0 Å². The largest absolute Gasteiger partial charge is 0.445 e. The molecular formula is C19H20F2N4O4. The van der Waals surface area contributed by atoms with Crippen LogP contribution in [0.25, 0.3) is 0 Å². The highest BCUT2D eigenvalue weighted by Crippen LogP contribution is 2.23. The van der Waals surface area contributed by atoms with Crippen molar-refractivity contribution >= 4 is 23.7 Å². The molecule has 10 heteroatoms. The molecule has 8 nitrogen and oxygen atoms in total. The first-order chi connectivity index (χ1) is 13.7. The van der Waals surface area contributed by atoms with Gasteiger partial charge in [0.2, 0.25) is 0 Å². The van der Waals surface area contributed by atoms with Crippen LogP contribution < -0.4 is 21.5 Å². The quantitative estimate of drug-likeness (QED) is 0.280. The Hall–Kier alpha value is -3.69. The molecule has 29 heavy (non-hydrogen) atoms. The minimum Gasteiger partial charge on any atom is -0.445 e. The molecule has 2 aromatic rings. The molecule has 0 fully saturated rings. The number of nitrogens with one attached hydrogen (secondary N) is 1. The average Bonchev–Trinajstić information content (AvgIpc) is 2.68. The minimum atomic E-state index is -3.25. The number of nitrogens with zero attached hydrogens (tertiary/aromatic N) is 1. The molecule has 154 valence electrons. The van der Waals surface area contributed by atoms with Gasteiger partial charge in [0.15, 0.2) is 11.5 Å². The fourth-order valence-electron chi connectivity index (χ4n) is 2.12. The van der Waals surface area contributed by atoms with E-state index in [1.807, 2.05) is 5.32 Å².